The van der Waals surface area contributed by atoms with Gasteiger partial charge in [0.25, 0.3) is 0 Å². The van der Waals surface area contributed by atoms with Gasteiger partial charge in [0.05, 0.1) is 29.7 Å². The number of anilines is 2. The molecule has 1 aromatic carbocycles. The van der Waals surface area contributed by atoms with E-state index in [4.69, 9.17) is 11.0 Å². The van der Waals surface area contributed by atoms with Crippen molar-refractivity contribution in [1.82, 2.24) is 9.97 Å². The van der Waals surface area contributed by atoms with Crippen molar-refractivity contribution < 1.29 is 0 Å². The predicted octanol–water partition coefficient (Wildman–Crippen LogP) is 1.54. The van der Waals surface area contributed by atoms with Crippen LogP contribution in [0.15, 0.2) is 36.7 Å². The third kappa shape index (κ3) is 2.92. The van der Waals surface area contributed by atoms with Gasteiger partial charge in [0.1, 0.15) is 0 Å². The number of nitriles is 1. The fourth-order valence-corrected chi connectivity index (χ4v) is 1.36. The first kappa shape index (κ1) is 10.9. The summed E-state index contributed by atoms with van der Waals surface area (Å²) in [4.78, 5) is 8.05. The summed E-state index contributed by atoms with van der Waals surface area (Å²) in [5.41, 5.74) is 7.66. The second-order valence-electron chi connectivity index (χ2n) is 3.51. The highest BCUT2D eigenvalue weighted by Gasteiger charge is 1.97. The monoisotopic (exact) mass is 225 g/mol. The van der Waals surface area contributed by atoms with E-state index in [1.165, 1.54) is 0 Å². The molecule has 17 heavy (non-hydrogen) atoms. The Labute approximate surface area is 98.9 Å². The van der Waals surface area contributed by atoms with Crippen LogP contribution in [0.3, 0.4) is 0 Å². The number of hydrogen-bond donors (Lipinski definition) is 2. The van der Waals surface area contributed by atoms with Crippen LogP contribution >= 0.6 is 0 Å². The Morgan fingerprint density at radius 3 is 2.76 bits per heavy atom. The van der Waals surface area contributed by atoms with Crippen molar-refractivity contribution in [2.24, 2.45) is 0 Å². The van der Waals surface area contributed by atoms with E-state index in [0.29, 0.717) is 23.7 Å². The second kappa shape index (κ2) is 4.94. The molecule has 3 N–H and O–H groups in total. The minimum Gasteiger partial charge on any atom is -0.396 e. The Morgan fingerprint density at radius 2 is 2.06 bits per heavy atom. The van der Waals surface area contributed by atoms with Gasteiger partial charge in [-0.1, -0.05) is 12.1 Å². The molecule has 0 fully saturated rings. The molecule has 0 spiro atoms. The lowest BCUT2D eigenvalue weighted by Gasteiger charge is -2.04. The number of hydrogen-bond acceptors (Lipinski definition) is 5. The molecule has 1 aromatic heterocycles. The van der Waals surface area contributed by atoms with E-state index in [-0.39, 0.29) is 0 Å². The molecule has 1 heterocycles. The average Bonchev–Trinajstić information content (AvgIpc) is 2.38. The molecule has 0 amide bonds. The van der Waals surface area contributed by atoms with Gasteiger partial charge in [0.15, 0.2) is 0 Å². The quantitative estimate of drug-likeness (QED) is 0.827. The molecule has 0 atom stereocenters. The number of nitrogen functional groups attached to an aromatic ring is 1. The maximum atomic E-state index is 8.77. The molecule has 84 valence electrons. The van der Waals surface area contributed by atoms with Crippen LogP contribution < -0.4 is 11.1 Å². The molecule has 5 nitrogen and oxygen atoms in total. The van der Waals surface area contributed by atoms with Crippen molar-refractivity contribution in [2.75, 3.05) is 11.1 Å². The summed E-state index contributed by atoms with van der Waals surface area (Å²) in [6.45, 7) is 0.569. The molecule has 0 aliphatic heterocycles. The van der Waals surface area contributed by atoms with Crippen LogP contribution in [0, 0.1) is 11.3 Å². The van der Waals surface area contributed by atoms with E-state index in [0.717, 1.165) is 5.56 Å². The molecule has 0 aliphatic rings. The van der Waals surface area contributed by atoms with E-state index in [9.17, 15) is 0 Å². The summed E-state index contributed by atoms with van der Waals surface area (Å²) < 4.78 is 0. The lowest BCUT2D eigenvalue weighted by molar-refractivity contribution is 1.05. The summed E-state index contributed by atoms with van der Waals surface area (Å²) in [5, 5.41) is 11.8. The van der Waals surface area contributed by atoms with Gasteiger partial charge >= 0.3 is 0 Å². The zero-order valence-corrected chi connectivity index (χ0v) is 9.09. The van der Waals surface area contributed by atoms with Crippen molar-refractivity contribution in [2.45, 2.75) is 6.54 Å². The van der Waals surface area contributed by atoms with Crippen molar-refractivity contribution in [3.8, 4) is 6.07 Å². The SMILES string of the molecule is N#Cc1cccc(CNc2ncc(N)cn2)c1. The van der Waals surface area contributed by atoms with Gasteiger partial charge in [-0.15, -0.1) is 0 Å². The summed E-state index contributed by atoms with van der Waals surface area (Å²) in [7, 11) is 0. The Morgan fingerprint density at radius 1 is 1.29 bits per heavy atom. The Kier molecular flexibility index (Phi) is 3.17. The fourth-order valence-electron chi connectivity index (χ4n) is 1.36. The van der Waals surface area contributed by atoms with E-state index in [1.807, 2.05) is 18.2 Å². The van der Waals surface area contributed by atoms with E-state index in [1.54, 1.807) is 18.5 Å². The largest absolute Gasteiger partial charge is 0.396 e. The van der Waals surface area contributed by atoms with Crippen molar-refractivity contribution in [3.05, 3.63) is 47.8 Å². The van der Waals surface area contributed by atoms with Crippen LogP contribution in [-0.4, -0.2) is 9.97 Å². The summed E-state index contributed by atoms with van der Waals surface area (Å²) in [6.07, 6.45) is 3.09. The van der Waals surface area contributed by atoms with E-state index in [2.05, 4.69) is 21.4 Å². The molecule has 0 saturated heterocycles. The summed E-state index contributed by atoms with van der Waals surface area (Å²) in [6, 6.07) is 9.47. The predicted molar refractivity (Wildman–Crippen MR) is 64.9 cm³/mol. The number of rotatable bonds is 3. The Balaban J connectivity index is 2.02. The number of nitrogens with zero attached hydrogens (tertiary/aromatic N) is 3. The normalized spacial score (nSPS) is 9.59. The zero-order chi connectivity index (χ0) is 12.1. The maximum Gasteiger partial charge on any atom is 0.222 e. The van der Waals surface area contributed by atoms with Gasteiger partial charge in [-0.05, 0) is 17.7 Å². The first-order valence-corrected chi connectivity index (χ1v) is 5.08. The average molecular weight is 225 g/mol. The zero-order valence-electron chi connectivity index (χ0n) is 9.09. The highest BCUT2D eigenvalue weighted by molar-refractivity contribution is 5.38. The number of nitrogens with one attached hydrogen (secondary N) is 1. The van der Waals surface area contributed by atoms with Crippen molar-refractivity contribution in [3.63, 3.8) is 0 Å². The third-order valence-corrected chi connectivity index (χ3v) is 2.18. The van der Waals surface area contributed by atoms with Gasteiger partial charge in [-0.2, -0.15) is 5.26 Å². The standard InChI is InChI=1S/C12H11N5/c13-5-9-2-1-3-10(4-9)6-15-12-16-7-11(14)8-17-12/h1-4,7-8H,6,14H2,(H,15,16,17). The van der Waals surface area contributed by atoms with Crippen LogP contribution in [0.4, 0.5) is 11.6 Å². The van der Waals surface area contributed by atoms with Gasteiger partial charge in [0.2, 0.25) is 5.95 Å². The van der Waals surface area contributed by atoms with Gasteiger partial charge in [-0.25, -0.2) is 9.97 Å². The molecule has 0 aliphatic carbocycles. The van der Waals surface area contributed by atoms with Crippen LogP contribution in [0.2, 0.25) is 0 Å². The van der Waals surface area contributed by atoms with Crippen LogP contribution in [0.5, 0.6) is 0 Å². The summed E-state index contributed by atoms with van der Waals surface area (Å²) >= 11 is 0. The Hall–Kier alpha value is -2.61. The molecular formula is C12H11N5. The minimum absolute atomic E-state index is 0.515. The van der Waals surface area contributed by atoms with Gasteiger partial charge in [-0.3, -0.25) is 0 Å². The van der Waals surface area contributed by atoms with Gasteiger partial charge < -0.3 is 11.1 Å². The number of benzene rings is 1. The fraction of sp³-hybridized carbons (Fsp3) is 0.0833. The molecule has 2 aromatic rings. The first-order chi connectivity index (χ1) is 8.28. The van der Waals surface area contributed by atoms with Gasteiger partial charge in [0, 0.05) is 6.54 Å². The number of nitrogens with two attached hydrogens (primary N) is 1. The maximum absolute atomic E-state index is 8.77. The Bertz CT molecular complexity index is 542. The van der Waals surface area contributed by atoms with E-state index >= 15 is 0 Å². The number of aromatic nitrogens is 2. The second-order valence-corrected chi connectivity index (χ2v) is 3.51. The molecule has 0 saturated carbocycles. The summed E-state index contributed by atoms with van der Waals surface area (Å²) in [5.74, 6) is 0.515. The molecule has 0 unspecified atom stereocenters. The highest BCUT2D eigenvalue weighted by Crippen LogP contribution is 2.07. The molecule has 5 heteroatoms. The van der Waals surface area contributed by atoms with Crippen LogP contribution in [0.1, 0.15) is 11.1 Å². The smallest absolute Gasteiger partial charge is 0.222 e. The molecule has 2 rings (SSSR count). The van der Waals surface area contributed by atoms with Crippen molar-refractivity contribution >= 4 is 11.6 Å². The molecule has 0 radical (unpaired) electrons. The topological polar surface area (TPSA) is 87.6 Å². The molecular weight excluding hydrogens is 214 g/mol. The lowest BCUT2D eigenvalue weighted by Crippen LogP contribution is -2.03. The van der Waals surface area contributed by atoms with Crippen LogP contribution in [-0.2, 0) is 6.54 Å². The molecule has 0 bridgehead atoms. The highest BCUT2D eigenvalue weighted by atomic mass is 15.1. The first-order valence-electron chi connectivity index (χ1n) is 5.08. The van der Waals surface area contributed by atoms with E-state index < -0.39 is 0 Å². The third-order valence-electron chi connectivity index (χ3n) is 2.18. The lowest BCUT2D eigenvalue weighted by atomic mass is 10.1. The van der Waals surface area contributed by atoms with Crippen LogP contribution in [0.25, 0.3) is 0 Å². The minimum atomic E-state index is 0.515. The van der Waals surface area contributed by atoms with Crippen molar-refractivity contribution in [1.29, 1.82) is 5.26 Å².